The van der Waals surface area contributed by atoms with Crippen molar-refractivity contribution >= 4 is 21.9 Å². The average molecular weight is 242 g/mol. The molecule has 0 atom stereocenters. The summed E-state index contributed by atoms with van der Waals surface area (Å²) in [6.45, 7) is 0.494. The van der Waals surface area contributed by atoms with Gasteiger partial charge in [0.1, 0.15) is 11.6 Å². The second-order valence-corrected chi connectivity index (χ2v) is 4.06. The zero-order valence-corrected chi connectivity index (χ0v) is 9.60. The van der Waals surface area contributed by atoms with E-state index in [-0.39, 0.29) is 5.82 Å². The highest BCUT2D eigenvalue weighted by molar-refractivity contribution is 5.90. The average Bonchev–Trinajstić information content (AvgIpc) is 2.36. The van der Waals surface area contributed by atoms with Gasteiger partial charge in [0, 0.05) is 29.5 Å². The molecule has 18 heavy (non-hydrogen) atoms. The third-order valence-corrected chi connectivity index (χ3v) is 2.74. The molecule has 3 aromatic rings. The monoisotopic (exact) mass is 242 g/mol. The molecule has 3 rings (SSSR count). The fourth-order valence-electron chi connectivity index (χ4n) is 1.88. The molecule has 2 heterocycles. The summed E-state index contributed by atoms with van der Waals surface area (Å²) in [4.78, 5) is 12.9. The molecule has 5 heteroatoms. The van der Waals surface area contributed by atoms with E-state index in [1.807, 2.05) is 6.07 Å². The van der Waals surface area contributed by atoms with Crippen LogP contribution in [0.15, 0.2) is 30.5 Å². The quantitative estimate of drug-likeness (QED) is 0.696. The van der Waals surface area contributed by atoms with E-state index in [1.54, 1.807) is 12.3 Å². The van der Waals surface area contributed by atoms with Crippen LogP contribution in [-0.2, 0) is 6.42 Å². The highest BCUT2D eigenvalue weighted by Gasteiger charge is 2.04. The SMILES string of the molecule is NCCc1ncc2cc3ccc(F)cc3nc2n1. The van der Waals surface area contributed by atoms with E-state index in [2.05, 4.69) is 15.0 Å². The second kappa shape index (κ2) is 4.27. The van der Waals surface area contributed by atoms with Crippen LogP contribution in [0.1, 0.15) is 5.82 Å². The molecule has 0 fully saturated rings. The summed E-state index contributed by atoms with van der Waals surface area (Å²) < 4.78 is 13.1. The van der Waals surface area contributed by atoms with Gasteiger partial charge < -0.3 is 5.73 Å². The van der Waals surface area contributed by atoms with Crippen LogP contribution in [0, 0.1) is 5.82 Å². The first-order valence-electron chi connectivity index (χ1n) is 5.68. The van der Waals surface area contributed by atoms with Crippen molar-refractivity contribution in [2.45, 2.75) is 6.42 Å². The van der Waals surface area contributed by atoms with Gasteiger partial charge in [0.25, 0.3) is 0 Å². The number of pyridine rings is 1. The number of rotatable bonds is 2. The van der Waals surface area contributed by atoms with Gasteiger partial charge in [-0.25, -0.2) is 19.3 Å². The molecule has 0 radical (unpaired) electrons. The zero-order chi connectivity index (χ0) is 12.5. The molecule has 90 valence electrons. The number of halogens is 1. The van der Waals surface area contributed by atoms with Gasteiger partial charge in [-0.15, -0.1) is 0 Å². The molecule has 4 nitrogen and oxygen atoms in total. The third kappa shape index (κ3) is 1.89. The molecule has 0 amide bonds. The van der Waals surface area contributed by atoms with E-state index in [0.29, 0.717) is 30.0 Å². The van der Waals surface area contributed by atoms with Crippen LogP contribution in [0.3, 0.4) is 0 Å². The van der Waals surface area contributed by atoms with Crippen molar-refractivity contribution in [2.75, 3.05) is 6.54 Å². The summed E-state index contributed by atoms with van der Waals surface area (Å²) in [5, 5.41) is 1.72. The van der Waals surface area contributed by atoms with E-state index in [4.69, 9.17) is 5.73 Å². The van der Waals surface area contributed by atoms with Crippen molar-refractivity contribution in [1.29, 1.82) is 0 Å². The van der Waals surface area contributed by atoms with Crippen molar-refractivity contribution in [3.8, 4) is 0 Å². The van der Waals surface area contributed by atoms with Crippen molar-refractivity contribution < 1.29 is 4.39 Å². The molecule has 0 aliphatic rings. The van der Waals surface area contributed by atoms with Crippen LogP contribution in [0.5, 0.6) is 0 Å². The maximum atomic E-state index is 13.1. The summed E-state index contributed by atoms with van der Waals surface area (Å²) in [6.07, 6.45) is 2.34. The topological polar surface area (TPSA) is 64.7 Å². The Kier molecular flexibility index (Phi) is 2.60. The molecular weight excluding hydrogens is 231 g/mol. The molecule has 2 aromatic heterocycles. The number of hydrogen-bond acceptors (Lipinski definition) is 4. The molecule has 0 unspecified atom stereocenters. The minimum Gasteiger partial charge on any atom is -0.330 e. The van der Waals surface area contributed by atoms with Crippen LogP contribution in [0.25, 0.3) is 21.9 Å². The minimum atomic E-state index is -0.300. The lowest BCUT2D eigenvalue weighted by atomic mass is 10.2. The molecule has 0 bridgehead atoms. The number of nitrogens with zero attached hydrogens (tertiary/aromatic N) is 3. The Bertz CT molecular complexity index is 727. The lowest BCUT2D eigenvalue weighted by molar-refractivity contribution is 0.629. The van der Waals surface area contributed by atoms with E-state index in [9.17, 15) is 4.39 Å². The Morgan fingerprint density at radius 3 is 2.83 bits per heavy atom. The normalized spacial score (nSPS) is 11.2. The first kappa shape index (κ1) is 11.0. The van der Waals surface area contributed by atoms with Crippen molar-refractivity contribution in [2.24, 2.45) is 5.73 Å². The van der Waals surface area contributed by atoms with Gasteiger partial charge in [-0.05, 0) is 24.7 Å². The number of fused-ring (bicyclic) bond motifs is 2. The van der Waals surface area contributed by atoms with Gasteiger partial charge in [-0.3, -0.25) is 0 Å². The van der Waals surface area contributed by atoms with Crippen molar-refractivity contribution in [1.82, 2.24) is 15.0 Å². The Morgan fingerprint density at radius 2 is 2.00 bits per heavy atom. The largest absolute Gasteiger partial charge is 0.330 e. The summed E-state index contributed by atoms with van der Waals surface area (Å²) in [7, 11) is 0. The fourth-order valence-corrected chi connectivity index (χ4v) is 1.88. The summed E-state index contributed by atoms with van der Waals surface area (Å²) >= 11 is 0. The van der Waals surface area contributed by atoms with Gasteiger partial charge in [0.15, 0.2) is 5.65 Å². The van der Waals surface area contributed by atoms with Gasteiger partial charge in [0.05, 0.1) is 5.52 Å². The number of hydrogen-bond donors (Lipinski definition) is 1. The Morgan fingerprint density at radius 1 is 1.11 bits per heavy atom. The highest BCUT2D eigenvalue weighted by Crippen LogP contribution is 2.18. The first-order chi connectivity index (χ1) is 8.76. The predicted octanol–water partition coefficient (Wildman–Crippen LogP) is 1.82. The summed E-state index contributed by atoms with van der Waals surface area (Å²) in [6, 6.07) is 6.42. The molecule has 0 spiro atoms. The van der Waals surface area contributed by atoms with Crippen LogP contribution < -0.4 is 5.73 Å². The molecule has 1 aromatic carbocycles. The first-order valence-corrected chi connectivity index (χ1v) is 5.68. The number of nitrogens with two attached hydrogens (primary N) is 1. The maximum absolute atomic E-state index is 13.1. The van der Waals surface area contributed by atoms with Crippen LogP contribution >= 0.6 is 0 Å². The van der Waals surface area contributed by atoms with Crippen molar-refractivity contribution in [3.63, 3.8) is 0 Å². The Balaban J connectivity index is 2.25. The molecular formula is C13H11FN4. The van der Waals surface area contributed by atoms with Gasteiger partial charge in [-0.2, -0.15) is 0 Å². The number of benzene rings is 1. The van der Waals surface area contributed by atoms with E-state index in [0.717, 1.165) is 10.8 Å². The minimum absolute atomic E-state index is 0.300. The Hall–Kier alpha value is -2.14. The zero-order valence-electron chi connectivity index (χ0n) is 9.60. The molecule has 0 aliphatic heterocycles. The number of aromatic nitrogens is 3. The van der Waals surface area contributed by atoms with Crippen molar-refractivity contribution in [3.05, 3.63) is 42.1 Å². The standard InChI is InChI=1S/C13H11FN4/c14-10-2-1-8-5-9-7-16-12(3-4-15)18-13(9)17-11(8)6-10/h1-2,5-7H,3-4,15H2. The molecule has 0 aliphatic carbocycles. The van der Waals surface area contributed by atoms with E-state index >= 15 is 0 Å². The van der Waals surface area contributed by atoms with Crippen LogP contribution in [-0.4, -0.2) is 21.5 Å². The molecule has 0 saturated heterocycles. The smallest absolute Gasteiger partial charge is 0.163 e. The Labute approximate surface area is 103 Å². The van der Waals surface area contributed by atoms with Gasteiger partial charge in [0.2, 0.25) is 0 Å². The van der Waals surface area contributed by atoms with Crippen LogP contribution in [0.2, 0.25) is 0 Å². The van der Waals surface area contributed by atoms with E-state index in [1.165, 1.54) is 12.1 Å². The second-order valence-electron chi connectivity index (χ2n) is 4.06. The molecule has 2 N–H and O–H groups in total. The lowest BCUT2D eigenvalue weighted by Gasteiger charge is -2.02. The maximum Gasteiger partial charge on any atom is 0.163 e. The third-order valence-electron chi connectivity index (χ3n) is 2.74. The highest BCUT2D eigenvalue weighted by atomic mass is 19.1. The lowest BCUT2D eigenvalue weighted by Crippen LogP contribution is -2.06. The van der Waals surface area contributed by atoms with Gasteiger partial charge in [-0.1, -0.05) is 0 Å². The molecule has 0 saturated carbocycles. The predicted molar refractivity (Wildman–Crippen MR) is 67.6 cm³/mol. The van der Waals surface area contributed by atoms with E-state index < -0.39 is 0 Å². The van der Waals surface area contributed by atoms with Gasteiger partial charge >= 0.3 is 0 Å². The summed E-state index contributed by atoms with van der Waals surface area (Å²) in [5.74, 6) is 0.360. The van der Waals surface area contributed by atoms with Crippen LogP contribution in [0.4, 0.5) is 4.39 Å². The summed E-state index contributed by atoms with van der Waals surface area (Å²) in [5.41, 5.74) is 6.64. The fraction of sp³-hybridized carbons (Fsp3) is 0.154.